The summed E-state index contributed by atoms with van der Waals surface area (Å²) in [4.78, 5) is 8.46. The van der Waals surface area contributed by atoms with Crippen LogP contribution in [0.5, 0.6) is 0 Å². The fourth-order valence-electron chi connectivity index (χ4n) is 2.53. The van der Waals surface area contributed by atoms with Crippen LogP contribution in [0.3, 0.4) is 0 Å². The summed E-state index contributed by atoms with van der Waals surface area (Å²) in [6.07, 6.45) is 6.27. The maximum atomic E-state index is 5.95. The monoisotopic (exact) mass is 327 g/mol. The number of rotatable bonds is 2. The summed E-state index contributed by atoms with van der Waals surface area (Å²) in [5, 5.41) is 9.63. The lowest BCUT2D eigenvalue weighted by Gasteiger charge is -2.07. The van der Waals surface area contributed by atoms with Gasteiger partial charge in [-0.15, -0.1) is 10.2 Å². The van der Waals surface area contributed by atoms with Crippen LogP contribution in [0.4, 0.5) is 5.13 Å². The smallest absolute Gasteiger partial charge is 0.203 e. The number of halogens is 1. The molecule has 7 heteroatoms. The number of benzene rings is 1. The second kappa shape index (κ2) is 5.15. The zero-order chi connectivity index (χ0) is 15.1. The first kappa shape index (κ1) is 13.4. The average Bonchev–Trinajstić information content (AvgIpc) is 3.12. The third kappa shape index (κ3) is 2.26. The number of nitrogens with two attached hydrogens (primary N) is 1. The van der Waals surface area contributed by atoms with Gasteiger partial charge in [-0.25, -0.2) is 4.98 Å². The molecule has 1 aromatic carbocycles. The van der Waals surface area contributed by atoms with Gasteiger partial charge in [0.15, 0.2) is 0 Å². The second-order valence-corrected chi connectivity index (χ2v) is 6.26. The molecular formula is C15H10ClN5S. The Bertz CT molecular complexity index is 902. The fraction of sp³-hybridized carbons (Fsp3) is 0.0667. The molecule has 2 heterocycles. The van der Waals surface area contributed by atoms with E-state index in [4.69, 9.17) is 17.3 Å². The Morgan fingerprint density at radius 1 is 1.18 bits per heavy atom. The van der Waals surface area contributed by atoms with Gasteiger partial charge < -0.3 is 5.73 Å². The topological polar surface area (TPSA) is 77.6 Å². The Hall–Kier alpha value is -2.31. The molecule has 1 aliphatic rings. The van der Waals surface area contributed by atoms with Crippen molar-refractivity contribution in [1.29, 1.82) is 0 Å². The standard InChI is InChI=1S/C15H10ClN5S/c16-13-7-18-6-12(19-13)10-4-3-8-1-2-9(5-11(8)10)14-20-21-15(17)22-14/h1-2,4-7H,3H2,(H2,17,21). The zero-order valence-electron chi connectivity index (χ0n) is 11.3. The van der Waals surface area contributed by atoms with Gasteiger partial charge in [-0.1, -0.05) is 41.1 Å². The zero-order valence-corrected chi connectivity index (χ0v) is 12.9. The van der Waals surface area contributed by atoms with Crippen molar-refractivity contribution < 1.29 is 0 Å². The van der Waals surface area contributed by atoms with Crippen LogP contribution in [-0.4, -0.2) is 20.2 Å². The molecule has 4 rings (SSSR count). The van der Waals surface area contributed by atoms with Gasteiger partial charge in [-0.3, -0.25) is 4.98 Å². The van der Waals surface area contributed by atoms with Crippen LogP contribution in [0.2, 0.25) is 5.15 Å². The quantitative estimate of drug-likeness (QED) is 0.782. The van der Waals surface area contributed by atoms with Crippen molar-refractivity contribution in [1.82, 2.24) is 20.2 Å². The van der Waals surface area contributed by atoms with Crippen LogP contribution in [0.15, 0.2) is 36.7 Å². The van der Waals surface area contributed by atoms with E-state index in [1.165, 1.54) is 23.1 Å². The first-order chi connectivity index (χ1) is 10.7. The second-order valence-electron chi connectivity index (χ2n) is 4.87. The van der Waals surface area contributed by atoms with Gasteiger partial charge in [-0.2, -0.15) is 0 Å². The van der Waals surface area contributed by atoms with Crippen LogP contribution in [0, 0.1) is 0 Å². The van der Waals surface area contributed by atoms with Crippen molar-refractivity contribution in [2.24, 2.45) is 0 Å². The molecule has 0 radical (unpaired) electrons. The van der Waals surface area contributed by atoms with Crippen molar-refractivity contribution in [3.8, 4) is 10.6 Å². The van der Waals surface area contributed by atoms with Gasteiger partial charge in [-0.05, 0) is 23.6 Å². The maximum Gasteiger partial charge on any atom is 0.203 e. The molecule has 0 fully saturated rings. The number of allylic oxidation sites excluding steroid dienone is 1. The lowest BCUT2D eigenvalue weighted by molar-refractivity contribution is 1.10. The predicted octanol–water partition coefficient (Wildman–Crippen LogP) is 3.22. The minimum absolute atomic E-state index is 0.389. The minimum Gasteiger partial charge on any atom is -0.374 e. The van der Waals surface area contributed by atoms with Gasteiger partial charge in [0.2, 0.25) is 5.13 Å². The van der Waals surface area contributed by atoms with Gasteiger partial charge in [0.05, 0.1) is 18.1 Å². The van der Waals surface area contributed by atoms with E-state index in [-0.39, 0.29) is 0 Å². The van der Waals surface area contributed by atoms with Crippen molar-refractivity contribution >= 4 is 33.6 Å². The number of hydrogen-bond acceptors (Lipinski definition) is 6. The fourth-order valence-corrected chi connectivity index (χ4v) is 3.28. The molecule has 0 atom stereocenters. The third-order valence-corrected chi connectivity index (χ3v) is 4.48. The molecule has 5 nitrogen and oxygen atoms in total. The Morgan fingerprint density at radius 2 is 2.09 bits per heavy atom. The number of nitrogen functional groups attached to an aromatic ring is 1. The largest absolute Gasteiger partial charge is 0.374 e. The van der Waals surface area contributed by atoms with Crippen molar-refractivity contribution in [3.05, 3.63) is 58.6 Å². The van der Waals surface area contributed by atoms with Crippen LogP contribution in [-0.2, 0) is 6.42 Å². The van der Waals surface area contributed by atoms with Crippen LogP contribution < -0.4 is 5.73 Å². The summed E-state index contributed by atoms with van der Waals surface area (Å²) < 4.78 is 0. The third-order valence-electron chi connectivity index (χ3n) is 3.49. The highest BCUT2D eigenvalue weighted by molar-refractivity contribution is 7.18. The molecule has 1 aliphatic carbocycles. The maximum absolute atomic E-state index is 5.95. The summed E-state index contributed by atoms with van der Waals surface area (Å²) in [5.41, 5.74) is 10.9. The predicted molar refractivity (Wildman–Crippen MR) is 87.6 cm³/mol. The van der Waals surface area contributed by atoms with E-state index < -0.39 is 0 Å². The average molecular weight is 328 g/mol. The molecule has 22 heavy (non-hydrogen) atoms. The number of fused-ring (bicyclic) bond motifs is 1. The number of anilines is 1. The molecule has 0 saturated carbocycles. The van der Waals surface area contributed by atoms with Crippen LogP contribution >= 0.6 is 22.9 Å². The highest BCUT2D eigenvalue weighted by Crippen LogP contribution is 2.35. The molecule has 2 N–H and O–H groups in total. The summed E-state index contributed by atoms with van der Waals surface area (Å²) >= 11 is 7.32. The molecule has 2 aromatic heterocycles. The normalized spacial score (nSPS) is 13.0. The highest BCUT2D eigenvalue weighted by atomic mass is 35.5. The summed E-state index contributed by atoms with van der Waals surface area (Å²) in [5.74, 6) is 0. The number of nitrogens with zero attached hydrogens (tertiary/aromatic N) is 4. The first-order valence-corrected chi connectivity index (χ1v) is 7.81. The van der Waals surface area contributed by atoms with Crippen molar-refractivity contribution in [3.63, 3.8) is 0 Å². The Balaban J connectivity index is 1.80. The van der Waals surface area contributed by atoms with Crippen molar-refractivity contribution in [2.75, 3.05) is 5.73 Å². The van der Waals surface area contributed by atoms with Crippen LogP contribution in [0.1, 0.15) is 16.8 Å². The summed E-state index contributed by atoms with van der Waals surface area (Å²) in [6, 6.07) is 6.24. The van der Waals surface area contributed by atoms with Gasteiger partial charge in [0, 0.05) is 11.1 Å². The Labute approximate surface area is 135 Å². The molecule has 0 saturated heterocycles. The molecule has 3 aromatic rings. The Morgan fingerprint density at radius 3 is 2.86 bits per heavy atom. The Kier molecular flexibility index (Phi) is 3.13. The van der Waals surface area contributed by atoms with E-state index >= 15 is 0 Å². The van der Waals surface area contributed by atoms with Gasteiger partial charge in [0.1, 0.15) is 10.2 Å². The van der Waals surface area contributed by atoms with E-state index in [9.17, 15) is 0 Å². The van der Waals surface area contributed by atoms with E-state index in [1.54, 1.807) is 6.20 Å². The summed E-state index contributed by atoms with van der Waals surface area (Å²) in [7, 11) is 0. The lowest BCUT2D eigenvalue weighted by atomic mass is 10.0. The molecule has 0 spiro atoms. The van der Waals surface area contributed by atoms with E-state index in [1.807, 2.05) is 6.07 Å². The molecular weight excluding hydrogens is 318 g/mol. The van der Waals surface area contributed by atoms with E-state index in [0.717, 1.165) is 33.8 Å². The lowest BCUT2D eigenvalue weighted by Crippen LogP contribution is -1.93. The first-order valence-electron chi connectivity index (χ1n) is 6.61. The van der Waals surface area contributed by atoms with E-state index in [2.05, 4.69) is 38.4 Å². The molecule has 108 valence electrons. The molecule has 0 aliphatic heterocycles. The number of aromatic nitrogens is 4. The minimum atomic E-state index is 0.389. The molecule has 0 amide bonds. The molecule has 0 unspecified atom stereocenters. The SMILES string of the molecule is Nc1nnc(-c2ccc3c(c2)C(c2cncc(Cl)n2)=CC3)s1. The van der Waals surface area contributed by atoms with Crippen LogP contribution in [0.25, 0.3) is 16.1 Å². The van der Waals surface area contributed by atoms with E-state index in [0.29, 0.717) is 10.3 Å². The van der Waals surface area contributed by atoms with Gasteiger partial charge in [0.25, 0.3) is 0 Å². The van der Waals surface area contributed by atoms with Gasteiger partial charge >= 0.3 is 0 Å². The highest BCUT2D eigenvalue weighted by Gasteiger charge is 2.19. The summed E-state index contributed by atoms with van der Waals surface area (Å²) in [6.45, 7) is 0. The number of hydrogen-bond donors (Lipinski definition) is 1. The van der Waals surface area contributed by atoms with Crippen molar-refractivity contribution in [2.45, 2.75) is 6.42 Å². The molecule has 0 bridgehead atoms.